The second-order valence-corrected chi connectivity index (χ2v) is 8.85. The average molecular weight is 419 g/mol. The molecule has 2 amide bonds. The van der Waals surface area contributed by atoms with Gasteiger partial charge in [0, 0.05) is 36.4 Å². The van der Waals surface area contributed by atoms with E-state index in [1.54, 1.807) is 35.2 Å². The molecule has 0 bridgehead atoms. The Labute approximate surface area is 169 Å². The van der Waals surface area contributed by atoms with E-state index in [9.17, 15) is 22.4 Å². The molecule has 3 rings (SSSR count). The Morgan fingerprint density at radius 1 is 1.17 bits per heavy atom. The predicted molar refractivity (Wildman–Crippen MR) is 108 cm³/mol. The Bertz CT molecular complexity index is 1010. The molecule has 1 aliphatic heterocycles. The number of sulfonamides is 1. The van der Waals surface area contributed by atoms with E-state index in [2.05, 4.69) is 5.32 Å². The van der Waals surface area contributed by atoms with Gasteiger partial charge in [0.05, 0.1) is 12.8 Å². The normalized spacial score (nSPS) is 14.4. The van der Waals surface area contributed by atoms with Crippen LogP contribution in [0.3, 0.4) is 0 Å². The smallest absolute Gasteiger partial charge is 0.239 e. The van der Waals surface area contributed by atoms with Crippen LogP contribution in [-0.2, 0) is 26.2 Å². The summed E-state index contributed by atoms with van der Waals surface area (Å²) in [5.74, 6) is -1.01. The summed E-state index contributed by atoms with van der Waals surface area (Å²) in [6, 6.07) is 12.6. The number of halogens is 1. The summed E-state index contributed by atoms with van der Waals surface area (Å²) < 4.78 is 38.9. The Balaban J connectivity index is 1.65. The minimum Gasteiger partial charge on any atom is -0.325 e. The highest BCUT2D eigenvalue weighted by molar-refractivity contribution is 7.88. The number of rotatable bonds is 7. The van der Waals surface area contributed by atoms with Crippen molar-refractivity contribution in [1.82, 2.24) is 4.31 Å². The second-order valence-electron chi connectivity index (χ2n) is 6.87. The van der Waals surface area contributed by atoms with Crippen LogP contribution in [0.5, 0.6) is 0 Å². The third-order valence-electron chi connectivity index (χ3n) is 4.63. The van der Waals surface area contributed by atoms with Crippen LogP contribution in [0.15, 0.2) is 48.5 Å². The monoisotopic (exact) mass is 419 g/mol. The van der Waals surface area contributed by atoms with Crippen molar-refractivity contribution in [1.29, 1.82) is 0 Å². The molecule has 0 saturated carbocycles. The van der Waals surface area contributed by atoms with Crippen molar-refractivity contribution in [3.05, 3.63) is 59.9 Å². The molecule has 0 spiro atoms. The third kappa shape index (κ3) is 5.39. The Hall–Kier alpha value is -2.78. The number of hydrogen-bond acceptors (Lipinski definition) is 4. The van der Waals surface area contributed by atoms with Crippen molar-refractivity contribution in [2.75, 3.05) is 29.6 Å². The van der Waals surface area contributed by atoms with Crippen LogP contribution in [0.2, 0.25) is 0 Å². The largest absolute Gasteiger partial charge is 0.325 e. The molecule has 154 valence electrons. The first-order chi connectivity index (χ1) is 13.7. The maximum atomic E-state index is 13.9. The Kier molecular flexibility index (Phi) is 6.29. The molecule has 0 aromatic heterocycles. The molecule has 29 heavy (non-hydrogen) atoms. The minimum absolute atomic E-state index is 0.0683. The molecule has 1 N–H and O–H groups in total. The van der Waals surface area contributed by atoms with Gasteiger partial charge in [0.25, 0.3) is 0 Å². The van der Waals surface area contributed by atoms with Gasteiger partial charge in [0.15, 0.2) is 0 Å². The van der Waals surface area contributed by atoms with Gasteiger partial charge < -0.3 is 10.2 Å². The van der Waals surface area contributed by atoms with Crippen molar-refractivity contribution in [2.45, 2.75) is 19.4 Å². The van der Waals surface area contributed by atoms with E-state index in [0.29, 0.717) is 18.7 Å². The van der Waals surface area contributed by atoms with Crippen molar-refractivity contribution < 1.29 is 22.4 Å². The molecule has 1 aliphatic rings. The summed E-state index contributed by atoms with van der Waals surface area (Å²) in [6.45, 7) is -0.0155. The van der Waals surface area contributed by atoms with Gasteiger partial charge in [-0.3, -0.25) is 9.59 Å². The van der Waals surface area contributed by atoms with Crippen molar-refractivity contribution in [2.24, 2.45) is 0 Å². The molecule has 2 aromatic carbocycles. The highest BCUT2D eigenvalue weighted by Crippen LogP contribution is 2.23. The standard InChI is InChI=1S/C20H22FN3O4S/c1-29(27,28)23(13-15-5-2-3-6-18(15)21)14-19(25)22-16-8-10-17(11-9-16)24-12-4-7-20(24)26/h2-3,5-6,8-11H,4,7,12-14H2,1H3,(H,22,25). The molecule has 1 heterocycles. The van der Waals surface area contributed by atoms with E-state index in [1.165, 1.54) is 18.2 Å². The summed E-state index contributed by atoms with van der Waals surface area (Å²) in [4.78, 5) is 25.8. The lowest BCUT2D eigenvalue weighted by molar-refractivity contribution is -0.117. The summed E-state index contributed by atoms with van der Waals surface area (Å²) in [7, 11) is -3.73. The van der Waals surface area contributed by atoms with E-state index >= 15 is 0 Å². The number of anilines is 2. The lowest BCUT2D eigenvalue weighted by Gasteiger charge is -2.20. The number of amides is 2. The van der Waals surface area contributed by atoms with Gasteiger partial charge in [-0.05, 0) is 36.8 Å². The molecule has 2 aromatic rings. The van der Waals surface area contributed by atoms with Crippen molar-refractivity contribution in [3.8, 4) is 0 Å². The summed E-state index contributed by atoms with van der Waals surface area (Å²) in [5.41, 5.74) is 1.41. The predicted octanol–water partition coefficient (Wildman–Crippen LogP) is 2.35. The van der Waals surface area contributed by atoms with Crippen LogP contribution < -0.4 is 10.2 Å². The van der Waals surface area contributed by atoms with Gasteiger partial charge in [-0.1, -0.05) is 18.2 Å². The molecule has 0 atom stereocenters. The van der Waals surface area contributed by atoms with E-state index in [0.717, 1.165) is 22.7 Å². The van der Waals surface area contributed by atoms with Gasteiger partial charge >= 0.3 is 0 Å². The highest BCUT2D eigenvalue weighted by atomic mass is 32.2. The molecule has 7 nitrogen and oxygen atoms in total. The molecule has 9 heteroatoms. The average Bonchev–Trinajstić information content (AvgIpc) is 3.09. The maximum Gasteiger partial charge on any atom is 0.239 e. The molecule has 1 fully saturated rings. The first-order valence-corrected chi connectivity index (χ1v) is 11.0. The number of benzene rings is 2. The van der Waals surface area contributed by atoms with Crippen LogP contribution >= 0.6 is 0 Å². The molecular weight excluding hydrogens is 397 g/mol. The van der Waals surface area contributed by atoms with E-state index in [4.69, 9.17) is 0 Å². The van der Waals surface area contributed by atoms with Crippen molar-refractivity contribution >= 4 is 33.2 Å². The molecule has 1 saturated heterocycles. The zero-order valence-corrected chi connectivity index (χ0v) is 16.8. The molecule has 0 unspecified atom stereocenters. The van der Waals surface area contributed by atoms with Crippen LogP contribution in [0.4, 0.5) is 15.8 Å². The SMILES string of the molecule is CS(=O)(=O)N(CC(=O)Nc1ccc(N2CCCC2=O)cc1)Cc1ccccc1F. The Morgan fingerprint density at radius 3 is 2.45 bits per heavy atom. The summed E-state index contributed by atoms with van der Waals surface area (Å²) in [6.07, 6.45) is 2.32. The zero-order valence-electron chi connectivity index (χ0n) is 16.0. The molecule has 0 aliphatic carbocycles. The lowest BCUT2D eigenvalue weighted by atomic mass is 10.2. The Morgan fingerprint density at radius 2 is 1.86 bits per heavy atom. The number of nitrogens with one attached hydrogen (secondary N) is 1. The van der Waals surface area contributed by atoms with Gasteiger partial charge in [-0.25, -0.2) is 12.8 Å². The molecular formula is C20H22FN3O4S. The van der Waals surface area contributed by atoms with Gasteiger partial charge in [-0.15, -0.1) is 0 Å². The number of carbonyl (C=O) groups excluding carboxylic acids is 2. The van der Waals surface area contributed by atoms with Gasteiger partial charge in [-0.2, -0.15) is 4.31 Å². The van der Waals surface area contributed by atoms with E-state index in [1.807, 2.05) is 0 Å². The topological polar surface area (TPSA) is 86.8 Å². The second kappa shape index (κ2) is 8.71. The first-order valence-electron chi connectivity index (χ1n) is 9.13. The van der Waals surface area contributed by atoms with E-state index in [-0.39, 0.29) is 18.0 Å². The highest BCUT2D eigenvalue weighted by Gasteiger charge is 2.23. The fourth-order valence-electron chi connectivity index (χ4n) is 3.11. The zero-order chi connectivity index (χ0) is 21.0. The number of carbonyl (C=O) groups is 2. The van der Waals surface area contributed by atoms with Crippen LogP contribution in [0.25, 0.3) is 0 Å². The minimum atomic E-state index is -3.73. The van der Waals surface area contributed by atoms with Crippen LogP contribution in [0, 0.1) is 5.82 Å². The fourth-order valence-corrected chi connectivity index (χ4v) is 3.84. The number of nitrogens with zero attached hydrogens (tertiary/aromatic N) is 2. The summed E-state index contributed by atoms with van der Waals surface area (Å²) in [5, 5.41) is 2.63. The van der Waals surface area contributed by atoms with Gasteiger partial charge in [0.2, 0.25) is 21.8 Å². The van der Waals surface area contributed by atoms with Crippen molar-refractivity contribution in [3.63, 3.8) is 0 Å². The lowest BCUT2D eigenvalue weighted by Crippen LogP contribution is -2.37. The van der Waals surface area contributed by atoms with Crippen LogP contribution in [-0.4, -0.2) is 43.9 Å². The fraction of sp³-hybridized carbons (Fsp3) is 0.300. The molecule has 0 radical (unpaired) electrons. The van der Waals surface area contributed by atoms with Gasteiger partial charge in [0.1, 0.15) is 5.82 Å². The van der Waals surface area contributed by atoms with E-state index < -0.39 is 28.3 Å². The third-order valence-corrected chi connectivity index (χ3v) is 5.83. The maximum absolute atomic E-state index is 13.9. The number of hydrogen-bond donors (Lipinski definition) is 1. The first kappa shape index (κ1) is 20.9. The quantitative estimate of drug-likeness (QED) is 0.746. The van der Waals surface area contributed by atoms with Crippen LogP contribution in [0.1, 0.15) is 18.4 Å². The summed E-state index contributed by atoms with van der Waals surface area (Å²) >= 11 is 0.